The molecule has 5 heteroatoms. The van der Waals surface area contributed by atoms with Crippen molar-refractivity contribution in [1.82, 2.24) is 0 Å². The maximum Gasteiger partial charge on any atom is 1.00 e. The van der Waals surface area contributed by atoms with Crippen LogP contribution < -0.4 is 57.1 Å². The van der Waals surface area contributed by atoms with Gasteiger partial charge in [-0.3, -0.25) is 11.1 Å². The molecule has 0 heterocycles. The van der Waals surface area contributed by atoms with Gasteiger partial charge in [-0.05, 0) is 0 Å². The third-order valence-electron chi connectivity index (χ3n) is 4.06. The standard InChI is InChI=1S/C18H35O.C2H5NO2.K/c1-2-3-4-5-6-7-8-9-10-11-12-13-14-15-16-17-18-19;3-1-2(4)5;/h2-17H2,1H3;1,3H2,(H,4,5);/q-1;;+1. The van der Waals surface area contributed by atoms with Gasteiger partial charge in [-0.2, -0.15) is 6.42 Å². The number of carboxylic acid groups (broad SMARTS) is 1. The number of carbonyl (C=O) groups is 1. The Morgan fingerprint density at radius 2 is 1.04 bits per heavy atom. The Hall–Kier alpha value is 0.736. The third kappa shape index (κ3) is 36.4. The molecule has 0 fully saturated rings. The summed E-state index contributed by atoms with van der Waals surface area (Å²) >= 11 is 0. The largest absolute Gasteiger partial charge is 1.00 e. The number of aliphatic carboxylic acids is 1. The number of carboxylic acids is 1. The van der Waals surface area contributed by atoms with Gasteiger partial charge in [-0.1, -0.05) is 103 Å². The van der Waals surface area contributed by atoms with Gasteiger partial charge in [0.15, 0.2) is 0 Å². The molecule has 0 aliphatic carbocycles. The van der Waals surface area contributed by atoms with Gasteiger partial charge in [0.25, 0.3) is 0 Å². The number of hydrogen-bond donors (Lipinski definition) is 2. The summed E-state index contributed by atoms with van der Waals surface area (Å²) in [6, 6.07) is 0. The molecule has 0 saturated heterocycles. The van der Waals surface area contributed by atoms with Crippen LogP contribution in [0.15, 0.2) is 0 Å². The van der Waals surface area contributed by atoms with E-state index in [0.717, 1.165) is 6.42 Å². The Kier molecular flexibility index (Phi) is 35.9. The minimum Gasteiger partial charge on any atom is -0.542 e. The van der Waals surface area contributed by atoms with Gasteiger partial charge < -0.3 is 15.6 Å². The predicted octanol–water partition coefficient (Wildman–Crippen LogP) is 2.39. The molecule has 0 spiro atoms. The van der Waals surface area contributed by atoms with Crippen molar-refractivity contribution >= 4 is 12.3 Å². The first-order valence-corrected chi connectivity index (χ1v) is 9.95. The van der Waals surface area contributed by atoms with Crippen LogP contribution in [0.3, 0.4) is 0 Å². The fourth-order valence-corrected chi connectivity index (χ4v) is 2.57. The summed E-state index contributed by atoms with van der Waals surface area (Å²) in [5.74, 6) is -0.968. The Labute approximate surface area is 198 Å². The minimum absolute atomic E-state index is 0. The van der Waals surface area contributed by atoms with Crippen molar-refractivity contribution in [2.75, 3.05) is 6.54 Å². The second-order valence-electron chi connectivity index (χ2n) is 6.44. The second-order valence-corrected chi connectivity index (χ2v) is 6.44. The first kappa shape index (κ1) is 30.5. The number of carbonyl (C=O) groups excluding carboxylic acids is 1. The maximum absolute atomic E-state index is 10.0. The van der Waals surface area contributed by atoms with Crippen LogP contribution in [-0.4, -0.2) is 23.9 Å². The molecular formula is C20H40KNO3. The van der Waals surface area contributed by atoms with Crippen LogP contribution in [0.1, 0.15) is 110 Å². The average Bonchev–Trinajstić information content (AvgIpc) is 2.59. The molecule has 0 amide bonds. The molecular weight excluding hydrogens is 341 g/mol. The van der Waals surface area contributed by atoms with Gasteiger partial charge in [-0.15, -0.1) is 0 Å². The van der Waals surface area contributed by atoms with Gasteiger partial charge in [-0.25, -0.2) is 0 Å². The van der Waals surface area contributed by atoms with Crippen LogP contribution in [0.2, 0.25) is 0 Å². The summed E-state index contributed by atoms with van der Waals surface area (Å²) in [7, 11) is 0. The zero-order chi connectivity index (χ0) is 18.3. The first-order valence-electron chi connectivity index (χ1n) is 9.95. The van der Waals surface area contributed by atoms with E-state index in [1.807, 2.05) is 6.29 Å². The molecule has 0 aromatic heterocycles. The van der Waals surface area contributed by atoms with Crippen molar-refractivity contribution in [3.63, 3.8) is 0 Å². The number of nitrogens with two attached hydrogens (primary N) is 1. The molecule has 0 unspecified atom stereocenters. The zero-order valence-electron chi connectivity index (χ0n) is 16.9. The molecule has 0 radical (unpaired) electrons. The molecule has 0 aliphatic heterocycles. The maximum atomic E-state index is 10.0. The van der Waals surface area contributed by atoms with Crippen LogP contribution in [-0.2, 0) is 9.59 Å². The Bertz CT molecular complexity index is 263. The fourth-order valence-electron chi connectivity index (χ4n) is 2.57. The molecule has 25 heavy (non-hydrogen) atoms. The van der Waals surface area contributed by atoms with Crippen molar-refractivity contribution in [2.24, 2.45) is 5.73 Å². The average molecular weight is 382 g/mol. The summed E-state index contributed by atoms with van der Waals surface area (Å²) in [6.45, 7) is 2.00. The van der Waals surface area contributed by atoms with Crippen LogP contribution in [0, 0.1) is 0 Å². The Morgan fingerprint density at radius 3 is 1.28 bits per heavy atom. The van der Waals surface area contributed by atoms with Crippen molar-refractivity contribution in [2.45, 2.75) is 110 Å². The van der Waals surface area contributed by atoms with Crippen LogP contribution in [0.25, 0.3) is 0 Å². The van der Waals surface area contributed by atoms with Crippen molar-refractivity contribution < 1.29 is 66.1 Å². The van der Waals surface area contributed by atoms with E-state index in [1.54, 1.807) is 0 Å². The molecule has 4 nitrogen and oxygen atoms in total. The Balaban J connectivity index is -0.000000704. The Morgan fingerprint density at radius 1 is 0.760 bits per heavy atom. The molecule has 0 rings (SSSR count). The summed E-state index contributed by atoms with van der Waals surface area (Å²) in [5.41, 5.74) is 4.57. The quantitative estimate of drug-likeness (QED) is 0.230. The SMILES string of the molecule is CCCCCCCCCCCCCCCCC[C-]=O.NCC(=O)O.[K+]. The number of unbranched alkanes of at least 4 members (excludes halogenated alkanes) is 15. The number of hydrogen-bond acceptors (Lipinski definition) is 3. The van der Waals surface area contributed by atoms with Crippen LogP contribution >= 0.6 is 0 Å². The van der Waals surface area contributed by atoms with E-state index in [2.05, 4.69) is 12.7 Å². The van der Waals surface area contributed by atoms with E-state index in [4.69, 9.17) is 5.11 Å². The van der Waals surface area contributed by atoms with Gasteiger partial charge in [0.2, 0.25) is 0 Å². The molecule has 144 valence electrons. The zero-order valence-corrected chi connectivity index (χ0v) is 20.0. The fraction of sp³-hybridized carbons (Fsp3) is 0.900. The first-order chi connectivity index (χ1) is 11.7. The smallest absolute Gasteiger partial charge is 0.542 e. The van der Waals surface area contributed by atoms with Gasteiger partial charge >= 0.3 is 57.4 Å². The second kappa shape index (κ2) is 29.5. The van der Waals surface area contributed by atoms with E-state index in [0.29, 0.717) is 6.42 Å². The topological polar surface area (TPSA) is 80.4 Å². The van der Waals surface area contributed by atoms with E-state index in [1.165, 1.54) is 89.9 Å². The summed E-state index contributed by atoms with van der Waals surface area (Å²) in [6.07, 6.45) is 23.2. The van der Waals surface area contributed by atoms with Crippen LogP contribution in [0.4, 0.5) is 0 Å². The van der Waals surface area contributed by atoms with Crippen molar-refractivity contribution in [3.8, 4) is 0 Å². The van der Waals surface area contributed by atoms with Gasteiger partial charge in [0, 0.05) is 0 Å². The van der Waals surface area contributed by atoms with E-state index in [-0.39, 0.29) is 57.9 Å². The molecule has 0 atom stereocenters. The van der Waals surface area contributed by atoms with Crippen molar-refractivity contribution in [3.05, 3.63) is 0 Å². The normalized spacial score (nSPS) is 9.68. The molecule has 0 aromatic carbocycles. The van der Waals surface area contributed by atoms with E-state index < -0.39 is 5.97 Å². The van der Waals surface area contributed by atoms with Crippen LogP contribution in [0.5, 0.6) is 0 Å². The summed E-state index contributed by atoms with van der Waals surface area (Å²) in [5, 5.41) is 7.60. The van der Waals surface area contributed by atoms with Crippen molar-refractivity contribution in [1.29, 1.82) is 0 Å². The molecule has 3 N–H and O–H groups in total. The van der Waals surface area contributed by atoms with Gasteiger partial charge in [0.1, 0.15) is 0 Å². The van der Waals surface area contributed by atoms with E-state index >= 15 is 0 Å². The molecule has 0 aromatic rings. The monoisotopic (exact) mass is 381 g/mol. The minimum atomic E-state index is -0.968. The molecule has 0 bridgehead atoms. The predicted molar refractivity (Wildman–Crippen MR) is 102 cm³/mol. The number of rotatable bonds is 17. The van der Waals surface area contributed by atoms with E-state index in [9.17, 15) is 9.59 Å². The summed E-state index contributed by atoms with van der Waals surface area (Å²) in [4.78, 5) is 19.3. The third-order valence-corrected chi connectivity index (χ3v) is 4.06. The molecule has 0 saturated carbocycles. The van der Waals surface area contributed by atoms with Gasteiger partial charge in [0.05, 0.1) is 6.54 Å². The summed E-state index contributed by atoms with van der Waals surface area (Å²) < 4.78 is 0. The molecule has 0 aliphatic rings.